The molecule has 1 aromatic carbocycles. The molecule has 0 radical (unpaired) electrons. The van der Waals surface area contributed by atoms with Crippen LogP contribution in [0.2, 0.25) is 5.04 Å². The highest BCUT2D eigenvalue weighted by Gasteiger charge is 2.26. The highest BCUT2D eigenvalue weighted by molar-refractivity contribution is 6.31. The summed E-state index contributed by atoms with van der Waals surface area (Å²) in [6.07, 6.45) is 1.06. The minimum Gasteiger partial charge on any atom is -0.444 e. The van der Waals surface area contributed by atoms with E-state index < -0.39 is 21.5 Å². The van der Waals surface area contributed by atoms with Crippen molar-refractivity contribution < 1.29 is 23.5 Å². The molecule has 0 aromatic heterocycles. The van der Waals surface area contributed by atoms with Crippen LogP contribution >= 0.6 is 0 Å². The van der Waals surface area contributed by atoms with Crippen molar-refractivity contribution in [2.75, 3.05) is 18.4 Å². The van der Waals surface area contributed by atoms with Crippen molar-refractivity contribution >= 4 is 27.6 Å². The smallest absolute Gasteiger partial charge is 0.415 e. The second-order valence-electron chi connectivity index (χ2n) is 9.58. The zero-order chi connectivity index (χ0) is 21.7. The molecule has 8 heteroatoms. The number of anilines is 1. The fourth-order valence-corrected chi connectivity index (χ4v) is 3.84. The maximum absolute atomic E-state index is 12.4. The molecule has 29 heavy (non-hydrogen) atoms. The van der Waals surface area contributed by atoms with Gasteiger partial charge in [-0.15, -0.1) is 0 Å². The van der Waals surface area contributed by atoms with Gasteiger partial charge in [-0.05, 0) is 62.9 Å². The molecule has 1 fully saturated rings. The maximum atomic E-state index is 12.4. The first-order valence-corrected chi connectivity index (χ1v) is 11.4. The number of amides is 2. The molecule has 0 aliphatic carbocycles. The molecule has 2 rings (SSSR count). The Bertz CT molecular complexity index is 687. The van der Waals surface area contributed by atoms with Crippen LogP contribution in [0.15, 0.2) is 24.3 Å². The molecule has 7 nitrogen and oxygen atoms in total. The summed E-state index contributed by atoms with van der Waals surface area (Å²) >= 11 is 0. The van der Waals surface area contributed by atoms with E-state index in [0.29, 0.717) is 24.5 Å². The van der Waals surface area contributed by atoms with Crippen molar-refractivity contribution in [2.24, 2.45) is 0 Å². The summed E-state index contributed by atoms with van der Waals surface area (Å²) in [5.74, 6) is 0.434. The number of carbonyl (C=O) groups excluding carboxylic acids is 2. The van der Waals surface area contributed by atoms with E-state index in [4.69, 9.17) is 13.9 Å². The minimum atomic E-state index is -0.574. The van der Waals surface area contributed by atoms with Crippen LogP contribution in [0.25, 0.3) is 0 Å². The van der Waals surface area contributed by atoms with Crippen LogP contribution in [-0.4, -0.2) is 51.6 Å². The number of benzene rings is 1. The normalized spacial score (nSPS) is 16.1. The van der Waals surface area contributed by atoms with Crippen molar-refractivity contribution in [2.45, 2.75) is 71.1 Å². The van der Waals surface area contributed by atoms with Crippen molar-refractivity contribution in [1.29, 1.82) is 0 Å². The lowest BCUT2D eigenvalue weighted by Crippen LogP contribution is -2.42. The van der Waals surface area contributed by atoms with E-state index in [1.54, 1.807) is 49.9 Å². The summed E-state index contributed by atoms with van der Waals surface area (Å²) < 4.78 is 16.7. The third-order valence-electron chi connectivity index (χ3n) is 4.16. The fraction of sp³-hybridized carbons (Fsp3) is 0.619. The Kier molecular flexibility index (Phi) is 7.71. The predicted octanol–water partition coefficient (Wildman–Crippen LogP) is 4.32. The predicted molar refractivity (Wildman–Crippen MR) is 116 cm³/mol. The Morgan fingerprint density at radius 3 is 2.14 bits per heavy atom. The van der Waals surface area contributed by atoms with E-state index in [1.165, 1.54) is 0 Å². The average molecular weight is 423 g/mol. The van der Waals surface area contributed by atoms with Gasteiger partial charge in [0.2, 0.25) is 0 Å². The molecule has 162 valence electrons. The Hall–Kier alpha value is -2.06. The average Bonchev–Trinajstić information content (AvgIpc) is 2.60. The molecule has 1 N–H and O–H groups in total. The molecule has 1 aliphatic rings. The molecule has 2 amide bonds. The molecular formula is C21H34N2O5Si. The largest absolute Gasteiger partial charge is 0.444 e. The van der Waals surface area contributed by atoms with Gasteiger partial charge < -0.3 is 18.8 Å². The highest BCUT2D eigenvalue weighted by Crippen LogP contribution is 2.24. The van der Waals surface area contributed by atoms with Gasteiger partial charge in [-0.2, -0.15) is 0 Å². The lowest BCUT2D eigenvalue weighted by atomic mass is 10.1. The van der Waals surface area contributed by atoms with Crippen LogP contribution in [0, 0.1) is 0 Å². The fourth-order valence-electron chi connectivity index (χ4n) is 2.77. The standard InChI is InChI=1S/C21H34N2O5Si/c1-20(2,3)27-18(24)22-15-7-9-16(10-8-15)26-19(25)23-13-11-17(12-14-23)28-29-21(4,5)6/h7-10,17H,11-14,29H2,1-6H3,(H,22,24). The summed E-state index contributed by atoms with van der Waals surface area (Å²) in [5.41, 5.74) is 0.00695. The number of rotatable bonds is 4. The summed E-state index contributed by atoms with van der Waals surface area (Å²) in [6.45, 7) is 13.3. The van der Waals surface area contributed by atoms with Gasteiger partial charge in [-0.25, -0.2) is 9.59 Å². The number of nitrogens with one attached hydrogen (secondary N) is 1. The number of carbonyl (C=O) groups is 2. The number of hydrogen-bond donors (Lipinski definition) is 1. The topological polar surface area (TPSA) is 77.1 Å². The van der Waals surface area contributed by atoms with Gasteiger partial charge >= 0.3 is 12.2 Å². The Morgan fingerprint density at radius 2 is 1.62 bits per heavy atom. The van der Waals surface area contributed by atoms with Gasteiger partial charge in [0.1, 0.15) is 11.4 Å². The SMILES string of the molecule is CC(C)(C)OC(=O)Nc1ccc(OC(=O)N2CCC(O[SiH2]C(C)(C)C)CC2)cc1. The highest BCUT2D eigenvalue weighted by atomic mass is 28.2. The van der Waals surface area contributed by atoms with Gasteiger partial charge in [-0.3, -0.25) is 5.32 Å². The van der Waals surface area contributed by atoms with E-state index in [0.717, 1.165) is 12.8 Å². The number of piperidine rings is 1. The second-order valence-corrected chi connectivity index (χ2v) is 12.3. The first-order chi connectivity index (χ1) is 13.4. The van der Waals surface area contributed by atoms with Crippen LogP contribution in [0.4, 0.5) is 15.3 Å². The van der Waals surface area contributed by atoms with Gasteiger partial charge in [0, 0.05) is 24.9 Å². The van der Waals surface area contributed by atoms with Crippen LogP contribution in [0.1, 0.15) is 54.4 Å². The van der Waals surface area contributed by atoms with Gasteiger partial charge in [-0.1, -0.05) is 20.8 Å². The summed E-state index contributed by atoms with van der Waals surface area (Å²) in [7, 11) is -0.574. The lowest BCUT2D eigenvalue weighted by Gasteiger charge is -2.32. The quantitative estimate of drug-likeness (QED) is 0.732. The summed E-state index contributed by atoms with van der Waals surface area (Å²) in [6, 6.07) is 6.64. The molecule has 0 unspecified atom stereocenters. The first kappa shape index (κ1) is 23.2. The van der Waals surface area contributed by atoms with E-state index in [-0.39, 0.29) is 17.2 Å². The number of nitrogens with zero attached hydrogens (tertiary/aromatic N) is 1. The second kappa shape index (κ2) is 9.62. The summed E-state index contributed by atoms with van der Waals surface area (Å²) in [5, 5.41) is 2.93. The van der Waals surface area contributed by atoms with E-state index in [2.05, 4.69) is 26.1 Å². The lowest BCUT2D eigenvalue weighted by molar-refractivity contribution is 0.0635. The molecule has 0 bridgehead atoms. The van der Waals surface area contributed by atoms with Crippen molar-refractivity contribution in [3.8, 4) is 5.75 Å². The van der Waals surface area contributed by atoms with E-state index in [9.17, 15) is 9.59 Å². The first-order valence-electron chi connectivity index (χ1n) is 10.1. The Balaban J connectivity index is 1.77. The minimum absolute atomic E-state index is 0.253. The monoisotopic (exact) mass is 422 g/mol. The van der Waals surface area contributed by atoms with Crippen molar-refractivity contribution in [3.63, 3.8) is 0 Å². The number of likely N-dealkylation sites (tertiary alicyclic amines) is 1. The summed E-state index contributed by atoms with van der Waals surface area (Å²) in [4.78, 5) is 25.9. The van der Waals surface area contributed by atoms with E-state index >= 15 is 0 Å². The van der Waals surface area contributed by atoms with Crippen molar-refractivity contribution in [3.05, 3.63) is 24.3 Å². The molecule has 0 atom stereocenters. The number of hydrogen-bond acceptors (Lipinski definition) is 5. The third-order valence-corrected chi connectivity index (χ3v) is 5.66. The molecule has 0 spiro atoms. The number of ether oxygens (including phenoxy) is 2. The van der Waals surface area contributed by atoms with Crippen LogP contribution in [0.3, 0.4) is 0 Å². The third kappa shape index (κ3) is 8.87. The van der Waals surface area contributed by atoms with Crippen LogP contribution < -0.4 is 10.1 Å². The zero-order valence-electron chi connectivity index (χ0n) is 18.4. The van der Waals surface area contributed by atoms with Gasteiger partial charge in [0.25, 0.3) is 0 Å². The Morgan fingerprint density at radius 1 is 1.03 bits per heavy atom. The van der Waals surface area contributed by atoms with Crippen LogP contribution in [-0.2, 0) is 9.16 Å². The molecule has 1 aliphatic heterocycles. The maximum Gasteiger partial charge on any atom is 0.415 e. The molecular weight excluding hydrogens is 388 g/mol. The van der Waals surface area contributed by atoms with Crippen LogP contribution in [0.5, 0.6) is 5.75 Å². The van der Waals surface area contributed by atoms with E-state index in [1.807, 2.05) is 0 Å². The van der Waals surface area contributed by atoms with Gasteiger partial charge in [0.15, 0.2) is 9.76 Å². The molecule has 0 saturated carbocycles. The molecule has 1 heterocycles. The zero-order valence-corrected chi connectivity index (χ0v) is 19.8. The molecule has 1 aromatic rings. The molecule has 1 saturated heterocycles. The van der Waals surface area contributed by atoms with Crippen molar-refractivity contribution in [1.82, 2.24) is 4.90 Å². The van der Waals surface area contributed by atoms with Gasteiger partial charge in [0.05, 0.1) is 0 Å². The Labute approximate surface area is 176 Å².